The van der Waals surface area contributed by atoms with Crippen molar-refractivity contribution in [3.05, 3.63) is 100 Å². The zero-order valence-electron chi connectivity index (χ0n) is 21.2. The van der Waals surface area contributed by atoms with Crippen LogP contribution >= 0.6 is 11.6 Å². The van der Waals surface area contributed by atoms with Crippen LogP contribution in [-0.4, -0.2) is 47.0 Å². The zero-order valence-corrected chi connectivity index (χ0v) is 22.0. The summed E-state index contributed by atoms with van der Waals surface area (Å²) in [6.45, 7) is 5.04. The van der Waals surface area contributed by atoms with Gasteiger partial charge >= 0.3 is 6.18 Å². The second kappa shape index (κ2) is 11.1. The maximum atomic E-state index is 13.2. The number of carbonyl (C=O) groups is 1. The van der Waals surface area contributed by atoms with Gasteiger partial charge in [-0.15, -0.1) is 0 Å². The third-order valence-electron chi connectivity index (χ3n) is 6.92. The van der Waals surface area contributed by atoms with Crippen LogP contribution in [-0.2, 0) is 12.7 Å². The molecule has 0 spiro atoms. The van der Waals surface area contributed by atoms with Gasteiger partial charge in [0.15, 0.2) is 0 Å². The number of aromatic amines is 1. The Balaban J connectivity index is 1.37. The minimum atomic E-state index is -4.37. The number of piperazine rings is 1. The smallest absolute Gasteiger partial charge is 0.369 e. The molecule has 1 amide bonds. The van der Waals surface area contributed by atoms with Gasteiger partial charge < -0.3 is 15.2 Å². The van der Waals surface area contributed by atoms with Crippen LogP contribution in [0.3, 0.4) is 0 Å². The van der Waals surface area contributed by atoms with Crippen molar-refractivity contribution in [1.29, 1.82) is 0 Å². The number of amides is 1. The number of carbonyl (C=O) groups excluding carboxylic acids is 1. The van der Waals surface area contributed by atoms with Crippen LogP contribution in [0.4, 0.5) is 24.5 Å². The molecule has 1 aliphatic rings. The number of aryl methyl sites for hydroxylation is 1. The third-order valence-corrected chi connectivity index (χ3v) is 7.18. The Morgan fingerprint density at radius 2 is 1.72 bits per heavy atom. The van der Waals surface area contributed by atoms with Crippen molar-refractivity contribution >= 4 is 28.9 Å². The van der Waals surface area contributed by atoms with E-state index < -0.39 is 11.7 Å². The number of pyridine rings is 1. The summed E-state index contributed by atoms with van der Waals surface area (Å²) >= 11 is 6.10. The van der Waals surface area contributed by atoms with E-state index in [1.807, 2.05) is 24.0 Å². The maximum absolute atomic E-state index is 13.2. The summed E-state index contributed by atoms with van der Waals surface area (Å²) in [6, 6.07) is 16.2. The van der Waals surface area contributed by atoms with Crippen LogP contribution in [0.15, 0.2) is 73.1 Å². The summed E-state index contributed by atoms with van der Waals surface area (Å²) in [5, 5.41) is 3.71. The number of H-pyrrole nitrogens is 1. The highest BCUT2D eigenvalue weighted by Gasteiger charge is 2.31. The quantitative estimate of drug-likeness (QED) is 0.281. The van der Waals surface area contributed by atoms with Crippen LogP contribution in [0.5, 0.6) is 0 Å². The lowest BCUT2D eigenvalue weighted by atomic mass is 10.1. The lowest BCUT2D eigenvalue weighted by Crippen LogP contribution is -2.46. The normalized spacial score (nSPS) is 14.4. The molecule has 0 atom stereocenters. The molecule has 39 heavy (non-hydrogen) atoms. The Morgan fingerprint density at radius 1 is 1.03 bits per heavy atom. The number of nitrogens with one attached hydrogen (secondary N) is 2. The maximum Gasteiger partial charge on any atom is 0.416 e. The monoisotopic (exact) mass is 553 g/mol. The minimum absolute atomic E-state index is 0.248. The van der Waals surface area contributed by atoms with E-state index in [1.54, 1.807) is 42.7 Å². The van der Waals surface area contributed by atoms with E-state index in [4.69, 9.17) is 11.6 Å². The highest BCUT2D eigenvalue weighted by molar-refractivity contribution is 6.30. The number of rotatable bonds is 6. The van der Waals surface area contributed by atoms with E-state index >= 15 is 0 Å². The second-order valence-corrected chi connectivity index (χ2v) is 9.92. The van der Waals surface area contributed by atoms with Crippen molar-refractivity contribution in [3.8, 4) is 11.3 Å². The lowest BCUT2D eigenvalue weighted by Gasteiger charge is -2.36. The van der Waals surface area contributed by atoms with E-state index in [9.17, 15) is 18.0 Å². The Morgan fingerprint density at radius 3 is 2.38 bits per heavy atom. The van der Waals surface area contributed by atoms with E-state index in [0.717, 1.165) is 28.6 Å². The molecule has 5 rings (SSSR count). The SMILES string of the molecule is Cc1[nH]c(-c2ccc(Cl)cc2)c(NC(=O)c2ccncc2)c1CN1CCN(c2cccc(C(F)(F)F)c2)CC1. The third kappa shape index (κ3) is 6.10. The van der Waals surface area contributed by atoms with Crippen LogP contribution < -0.4 is 10.2 Å². The van der Waals surface area contributed by atoms with Crippen molar-refractivity contribution < 1.29 is 18.0 Å². The van der Waals surface area contributed by atoms with Crippen LogP contribution in [0, 0.1) is 6.92 Å². The summed E-state index contributed by atoms with van der Waals surface area (Å²) in [6.07, 6.45) is -1.23. The first kappa shape index (κ1) is 26.8. The highest BCUT2D eigenvalue weighted by atomic mass is 35.5. The highest BCUT2D eigenvalue weighted by Crippen LogP contribution is 2.36. The number of nitrogens with zero attached hydrogens (tertiary/aromatic N) is 3. The van der Waals surface area contributed by atoms with Gasteiger partial charge in [0.1, 0.15) is 0 Å². The average Bonchev–Trinajstić information content (AvgIpc) is 3.24. The molecule has 0 bridgehead atoms. The Labute approximate surface area is 229 Å². The standard InChI is InChI=1S/C29H27ClF3N5O/c1-19-25(18-37-13-15-38(16-14-37)24-4-2-3-22(17-24)29(31,32)33)27(36-28(39)21-9-11-34-12-10-21)26(35-19)20-5-7-23(30)8-6-20/h2-12,17,35H,13-16,18H2,1H3,(H,36,39). The molecule has 2 aromatic carbocycles. The van der Waals surface area contributed by atoms with Crippen molar-refractivity contribution in [3.63, 3.8) is 0 Å². The molecule has 10 heteroatoms. The van der Waals surface area contributed by atoms with Crippen molar-refractivity contribution in [2.45, 2.75) is 19.6 Å². The van der Waals surface area contributed by atoms with Gasteiger partial charge in [0.05, 0.1) is 16.9 Å². The molecule has 1 aliphatic heterocycles. The molecule has 6 nitrogen and oxygen atoms in total. The van der Waals surface area contributed by atoms with E-state index in [2.05, 4.69) is 20.2 Å². The van der Waals surface area contributed by atoms with E-state index in [0.29, 0.717) is 54.7 Å². The molecular weight excluding hydrogens is 527 g/mol. The lowest BCUT2D eigenvalue weighted by molar-refractivity contribution is -0.137. The first-order chi connectivity index (χ1) is 18.7. The van der Waals surface area contributed by atoms with Gasteiger partial charge in [0.2, 0.25) is 0 Å². The van der Waals surface area contributed by atoms with Crippen molar-refractivity contribution in [2.24, 2.45) is 0 Å². The fourth-order valence-electron chi connectivity index (χ4n) is 4.79. The molecule has 202 valence electrons. The molecular formula is C29H27ClF3N5O. The van der Waals surface area contributed by atoms with Crippen LogP contribution in [0.2, 0.25) is 5.02 Å². The number of hydrogen-bond acceptors (Lipinski definition) is 4. The summed E-state index contributed by atoms with van der Waals surface area (Å²) in [5.41, 5.74) is 4.65. The molecule has 3 heterocycles. The van der Waals surface area contributed by atoms with E-state index in [-0.39, 0.29) is 5.91 Å². The molecule has 2 N–H and O–H groups in total. The number of aromatic nitrogens is 2. The zero-order chi connectivity index (χ0) is 27.6. The fraction of sp³-hybridized carbons (Fsp3) is 0.241. The predicted molar refractivity (Wildman–Crippen MR) is 147 cm³/mol. The van der Waals surface area contributed by atoms with Gasteiger partial charge in [-0.25, -0.2) is 0 Å². The fourth-order valence-corrected chi connectivity index (χ4v) is 4.91. The number of alkyl halides is 3. The number of anilines is 2. The van der Waals surface area contributed by atoms with Gasteiger partial charge in [-0.05, 0) is 49.4 Å². The Hall–Kier alpha value is -3.82. The summed E-state index contributed by atoms with van der Waals surface area (Å²) in [5.74, 6) is -0.248. The first-order valence-corrected chi connectivity index (χ1v) is 12.9. The molecule has 2 aromatic heterocycles. The van der Waals surface area contributed by atoms with Crippen LogP contribution in [0.1, 0.15) is 27.2 Å². The molecule has 1 fully saturated rings. The number of halogens is 4. The second-order valence-electron chi connectivity index (χ2n) is 9.49. The Kier molecular flexibility index (Phi) is 7.63. The summed E-state index contributed by atoms with van der Waals surface area (Å²) < 4.78 is 39.6. The van der Waals surface area contributed by atoms with Gasteiger partial charge in [-0.3, -0.25) is 14.7 Å². The number of benzene rings is 2. The molecule has 4 aromatic rings. The Bertz CT molecular complexity index is 1450. The van der Waals surface area contributed by atoms with Crippen LogP contribution in [0.25, 0.3) is 11.3 Å². The minimum Gasteiger partial charge on any atom is -0.369 e. The summed E-state index contributed by atoms with van der Waals surface area (Å²) in [4.78, 5) is 24.8. The van der Waals surface area contributed by atoms with Gasteiger partial charge in [-0.2, -0.15) is 13.2 Å². The van der Waals surface area contributed by atoms with Gasteiger partial charge in [0, 0.05) is 78.2 Å². The first-order valence-electron chi connectivity index (χ1n) is 12.5. The predicted octanol–water partition coefficient (Wildman–Crippen LogP) is 6.63. The summed E-state index contributed by atoms with van der Waals surface area (Å²) in [7, 11) is 0. The molecule has 0 radical (unpaired) electrons. The van der Waals surface area contributed by atoms with Gasteiger partial charge in [0.25, 0.3) is 5.91 Å². The van der Waals surface area contributed by atoms with Gasteiger partial charge in [-0.1, -0.05) is 29.8 Å². The number of hydrogen-bond donors (Lipinski definition) is 2. The topological polar surface area (TPSA) is 64.3 Å². The average molecular weight is 554 g/mol. The molecule has 0 aliphatic carbocycles. The largest absolute Gasteiger partial charge is 0.416 e. The van der Waals surface area contributed by atoms with Crippen molar-refractivity contribution in [1.82, 2.24) is 14.9 Å². The molecule has 0 saturated carbocycles. The van der Waals surface area contributed by atoms with Crippen molar-refractivity contribution in [2.75, 3.05) is 36.4 Å². The molecule has 1 saturated heterocycles. The molecule has 0 unspecified atom stereocenters. The van der Waals surface area contributed by atoms with E-state index in [1.165, 1.54) is 12.1 Å².